The zero-order valence-corrected chi connectivity index (χ0v) is 15.1. The van der Waals surface area contributed by atoms with E-state index in [2.05, 4.69) is 10.1 Å². The number of carbonyl (C=O) groups excluding carboxylic acids is 1. The molecule has 0 aromatic carbocycles. The summed E-state index contributed by atoms with van der Waals surface area (Å²) in [7, 11) is -2.16. The van der Waals surface area contributed by atoms with Crippen LogP contribution in [0.15, 0.2) is 24.5 Å². The van der Waals surface area contributed by atoms with Gasteiger partial charge in [-0.15, -0.1) is 4.52 Å². The lowest BCUT2D eigenvalue weighted by atomic mass is 10.1. The van der Waals surface area contributed by atoms with Crippen LogP contribution in [0.1, 0.15) is 45.3 Å². The van der Waals surface area contributed by atoms with Gasteiger partial charge in [-0.25, -0.2) is 0 Å². The van der Waals surface area contributed by atoms with E-state index < -0.39 is 20.2 Å². The number of hydrogen-bond donors (Lipinski definition) is 1. The first-order valence-electron chi connectivity index (χ1n) is 8.08. The van der Waals surface area contributed by atoms with Crippen molar-refractivity contribution in [1.82, 2.24) is 10.1 Å². The van der Waals surface area contributed by atoms with E-state index in [-0.39, 0.29) is 24.9 Å². The zero-order chi connectivity index (χ0) is 17.5. The Morgan fingerprint density at radius 2 is 2.25 bits per heavy atom. The Labute approximate surface area is 143 Å². The van der Waals surface area contributed by atoms with Crippen LogP contribution in [0.2, 0.25) is 0 Å². The lowest BCUT2D eigenvalue weighted by Crippen LogP contribution is -2.33. The number of ether oxygens (including phenoxy) is 2. The molecule has 1 unspecified atom stereocenters. The van der Waals surface area contributed by atoms with Gasteiger partial charge in [0.05, 0.1) is 18.3 Å². The van der Waals surface area contributed by atoms with Crippen molar-refractivity contribution in [1.29, 1.82) is 0 Å². The van der Waals surface area contributed by atoms with E-state index in [9.17, 15) is 9.36 Å². The van der Waals surface area contributed by atoms with Gasteiger partial charge in [-0.1, -0.05) is 11.2 Å². The van der Waals surface area contributed by atoms with E-state index in [1.54, 1.807) is 33.2 Å². The molecule has 1 saturated heterocycles. The first kappa shape index (κ1) is 18.9. The summed E-state index contributed by atoms with van der Waals surface area (Å²) in [6.07, 6.45) is 4.89. The van der Waals surface area contributed by atoms with Crippen LogP contribution in [-0.4, -0.2) is 35.8 Å². The monoisotopic (exact) mass is 355 g/mol. The van der Waals surface area contributed by atoms with Gasteiger partial charge >= 0.3 is 14.1 Å². The van der Waals surface area contributed by atoms with Gasteiger partial charge in [0.15, 0.2) is 0 Å². The average molecular weight is 355 g/mol. The van der Waals surface area contributed by atoms with E-state index in [1.807, 2.05) is 12.1 Å². The number of rotatable bonds is 8. The molecule has 7 nitrogen and oxygen atoms in total. The maximum atomic E-state index is 11.9. The summed E-state index contributed by atoms with van der Waals surface area (Å²) >= 11 is 0. The lowest BCUT2D eigenvalue weighted by molar-refractivity contribution is -0.149. The van der Waals surface area contributed by atoms with Crippen LogP contribution in [0.3, 0.4) is 0 Å². The number of esters is 1. The van der Waals surface area contributed by atoms with E-state index in [4.69, 9.17) is 14.0 Å². The van der Waals surface area contributed by atoms with Crippen LogP contribution >= 0.6 is 8.18 Å². The molecule has 2 heterocycles. The second kappa shape index (κ2) is 9.18. The third kappa shape index (κ3) is 5.91. The van der Waals surface area contributed by atoms with Crippen LogP contribution < -0.4 is 5.09 Å². The first-order chi connectivity index (χ1) is 11.5. The Morgan fingerprint density at radius 1 is 1.46 bits per heavy atom. The Morgan fingerprint density at radius 3 is 2.92 bits per heavy atom. The summed E-state index contributed by atoms with van der Waals surface area (Å²) in [5.41, 5.74) is 1.03. The normalized spacial score (nSPS) is 22.4. The Kier molecular flexibility index (Phi) is 7.24. The van der Waals surface area contributed by atoms with Gasteiger partial charge in [-0.05, 0) is 49.8 Å². The van der Waals surface area contributed by atoms with Gasteiger partial charge in [0.1, 0.15) is 12.6 Å². The van der Waals surface area contributed by atoms with E-state index in [0.29, 0.717) is 0 Å². The third-order valence-corrected chi connectivity index (χ3v) is 4.53. The van der Waals surface area contributed by atoms with Gasteiger partial charge in [0.25, 0.3) is 0 Å². The molecule has 0 spiro atoms. The van der Waals surface area contributed by atoms with Gasteiger partial charge < -0.3 is 9.47 Å². The second-order valence-electron chi connectivity index (χ2n) is 6.00. The summed E-state index contributed by atoms with van der Waals surface area (Å²) in [6.45, 7) is 5.32. The van der Waals surface area contributed by atoms with Gasteiger partial charge in [-0.2, -0.15) is 0 Å². The molecule has 1 aliphatic rings. The van der Waals surface area contributed by atoms with Crippen molar-refractivity contribution in [3.05, 3.63) is 30.1 Å². The summed E-state index contributed by atoms with van der Waals surface area (Å²) in [5, 5.41) is 2.60. The van der Waals surface area contributed by atoms with Crippen LogP contribution in [0.4, 0.5) is 0 Å². The third-order valence-electron chi connectivity index (χ3n) is 3.55. The summed E-state index contributed by atoms with van der Waals surface area (Å²) in [5.74, 6) is -0.453. The zero-order valence-electron chi connectivity index (χ0n) is 14.2. The second-order valence-corrected chi connectivity index (χ2v) is 7.03. The van der Waals surface area contributed by atoms with Crippen molar-refractivity contribution < 1.29 is 23.4 Å². The van der Waals surface area contributed by atoms with Gasteiger partial charge in [0, 0.05) is 12.4 Å². The highest BCUT2D eigenvalue weighted by molar-refractivity contribution is 7.36. The van der Waals surface area contributed by atoms with E-state index in [0.717, 1.165) is 18.4 Å². The number of aromatic nitrogens is 1. The van der Waals surface area contributed by atoms with Crippen LogP contribution in [-0.2, 0) is 23.4 Å². The fourth-order valence-corrected chi connectivity index (χ4v) is 3.17. The minimum Gasteiger partial charge on any atom is -0.462 e. The van der Waals surface area contributed by atoms with Crippen molar-refractivity contribution in [3.63, 3.8) is 0 Å². The molecule has 8 heteroatoms. The molecular weight excluding hydrogens is 331 g/mol. The quantitative estimate of drug-likeness (QED) is 0.567. The standard InChI is InChI=1S/C16H24N2O5P/c1-11(2)22-16(19)12(3)18-24(20)21-10-14-6-7-15(23-14)13-5-4-8-17-9-13/h4-5,8-9,11-12,14-15H,6-7,10H2,1-3H3,(H,18,20)/q+1/t12-,14+,15-/m1/s1. The number of carbonyl (C=O) groups is 1. The lowest BCUT2D eigenvalue weighted by Gasteiger charge is -2.12. The van der Waals surface area contributed by atoms with E-state index >= 15 is 0 Å². The Balaban J connectivity index is 1.70. The molecule has 0 aliphatic carbocycles. The molecule has 0 amide bonds. The van der Waals surface area contributed by atoms with Crippen molar-refractivity contribution >= 4 is 14.1 Å². The highest BCUT2D eigenvalue weighted by Gasteiger charge is 2.32. The smallest absolute Gasteiger partial charge is 0.462 e. The molecule has 0 saturated carbocycles. The Hall–Kier alpha value is -1.40. The van der Waals surface area contributed by atoms with Crippen molar-refractivity contribution in [3.8, 4) is 0 Å². The van der Waals surface area contributed by atoms with Crippen LogP contribution in [0, 0.1) is 0 Å². The summed E-state index contributed by atoms with van der Waals surface area (Å²) in [6, 6.07) is 3.16. The molecule has 24 heavy (non-hydrogen) atoms. The SMILES string of the molecule is CC(C)OC(=O)[C@@H](C)N[P+](=O)OC[C@@H]1CC[C@H](c2cccnc2)O1. The molecule has 132 valence electrons. The fourth-order valence-electron chi connectivity index (χ4n) is 2.37. The fraction of sp³-hybridized carbons (Fsp3) is 0.625. The highest BCUT2D eigenvalue weighted by Crippen LogP contribution is 2.33. The molecular formula is C16H24N2O5P+. The molecule has 2 rings (SSSR count). The number of nitrogens with one attached hydrogen (secondary N) is 1. The minimum atomic E-state index is -2.16. The largest absolute Gasteiger partial charge is 0.613 e. The van der Waals surface area contributed by atoms with Crippen molar-refractivity contribution in [2.24, 2.45) is 0 Å². The minimum absolute atomic E-state index is 0.00178. The van der Waals surface area contributed by atoms with Gasteiger partial charge in [0.2, 0.25) is 0 Å². The predicted molar refractivity (Wildman–Crippen MR) is 88.5 cm³/mol. The first-order valence-corrected chi connectivity index (χ1v) is 9.25. The molecule has 1 aromatic heterocycles. The topological polar surface area (TPSA) is 86.8 Å². The average Bonchev–Trinajstić information content (AvgIpc) is 3.02. The molecule has 1 aromatic rings. The maximum Gasteiger partial charge on any atom is 0.613 e. The number of hydrogen-bond acceptors (Lipinski definition) is 6. The van der Waals surface area contributed by atoms with Gasteiger partial charge in [-0.3, -0.25) is 9.78 Å². The summed E-state index contributed by atoms with van der Waals surface area (Å²) < 4.78 is 28.1. The molecule has 1 fully saturated rings. The van der Waals surface area contributed by atoms with Crippen LogP contribution in [0.25, 0.3) is 0 Å². The number of pyridine rings is 1. The number of nitrogens with zero attached hydrogens (tertiary/aromatic N) is 1. The maximum absolute atomic E-state index is 11.9. The Bertz CT molecular complexity index is 555. The molecule has 4 atom stereocenters. The predicted octanol–water partition coefficient (Wildman–Crippen LogP) is 2.91. The summed E-state index contributed by atoms with van der Waals surface area (Å²) in [4.78, 5) is 15.7. The van der Waals surface area contributed by atoms with Crippen molar-refractivity contribution in [2.45, 2.75) is 58.0 Å². The molecule has 0 bridgehead atoms. The highest BCUT2D eigenvalue weighted by atomic mass is 31.1. The molecule has 1 aliphatic heterocycles. The molecule has 0 radical (unpaired) electrons. The molecule has 1 N–H and O–H groups in total. The van der Waals surface area contributed by atoms with Crippen molar-refractivity contribution in [2.75, 3.05) is 6.61 Å². The van der Waals surface area contributed by atoms with Crippen LogP contribution in [0.5, 0.6) is 0 Å². The van der Waals surface area contributed by atoms with E-state index in [1.165, 1.54) is 0 Å².